The van der Waals surface area contributed by atoms with Crippen molar-refractivity contribution in [3.8, 4) is 0 Å². The molecule has 0 amide bonds. The van der Waals surface area contributed by atoms with Crippen molar-refractivity contribution in [3.05, 3.63) is 29.8 Å². The fourth-order valence-electron chi connectivity index (χ4n) is 2.33. The fourth-order valence-corrected chi connectivity index (χ4v) is 3.89. The molecule has 1 aliphatic rings. The minimum absolute atomic E-state index is 0.0210. The van der Waals surface area contributed by atoms with E-state index in [2.05, 4.69) is 10.1 Å². The molecule has 0 bridgehead atoms. The summed E-state index contributed by atoms with van der Waals surface area (Å²) in [6.07, 6.45) is -0.782. The highest BCUT2D eigenvalue weighted by Gasteiger charge is 2.37. The molecule has 1 saturated heterocycles. The zero-order valence-electron chi connectivity index (χ0n) is 11.8. The van der Waals surface area contributed by atoms with Crippen molar-refractivity contribution in [3.63, 3.8) is 0 Å². The molecule has 1 fully saturated rings. The SMILES string of the molecule is COC(=O)c1ccccc1S(=O)(=O)N(C)[C@H]1CNC[C@@H]1O. The van der Waals surface area contributed by atoms with Crippen molar-refractivity contribution in [2.75, 3.05) is 27.2 Å². The number of likely N-dealkylation sites (N-methyl/N-ethyl adjacent to an activating group) is 1. The van der Waals surface area contributed by atoms with Crippen molar-refractivity contribution in [2.45, 2.75) is 17.0 Å². The summed E-state index contributed by atoms with van der Waals surface area (Å²) >= 11 is 0. The Morgan fingerprint density at radius 2 is 2.05 bits per heavy atom. The van der Waals surface area contributed by atoms with Crippen LogP contribution in [0.15, 0.2) is 29.2 Å². The van der Waals surface area contributed by atoms with Crippen LogP contribution >= 0.6 is 0 Å². The number of benzene rings is 1. The van der Waals surface area contributed by atoms with Gasteiger partial charge in [0, 0.05) is 20.1 Å². The number of rotatable bonds is 4. The first-order chi connectivity index (χ1) is 9.89. The van der Waals surface area contributed by atoms with Gasteiger partial charge < -0.3 is 15.2 Å². The van der Waals surface area contributed by atoms with Gasteiger partial charge in [-0.1, -0.05) is 12.1 Å². The van der Waals surface area contributed by atoms with Crippen molar-refractivity contribution < 1.29 is 23.1 Å². The van der Waals surface area contributed by atoms with Crippen LogP contribution in [0, 0.1) is 0 Å². The van der Waals surface area contributed by atoms with E-state index in [1.54, 1.807) is 6.07 Å². The Morgan fingerprint density at radius 3 is 2.62 bits per heavy atom. The molecular formula is C13H18N2O5S. The van der Waals surface area contributed by atoms with Crippen LogP contribution in [0.5, 0.6) is 0 Å². The first-order valence-electron chi connectivity index (χ1n) is 6.43. The van der Waals surface area contributed by atoms with Gasteiger partial charge in [0.1, 0.15) is 0 Å². The summed E-state index contributed by atoms with van der Waals surface area (Å²) in [5.41, 5.74) is -0.0210. The number of ether oxygens (including phenoxy) is 1. The Balaban J connectivity index is 2.42. The maximum Gasteiger partial charge on any atom is 0.339 e. The third kappa shape index (κ3) is 2.93. The third-order valence-corrected chi connectivity index (χ3v) is 5.51. The van der Waals surface area contributed by atoms with Gasteiger partial charge in [0.25, 0.3) is 0 Å². The highest BCUT2D eigenvalue weighted by atomic mass is 32.2. The lowest BCUT2D eigenvalue weighted by molar-refractivity contribution is 0.0596. The van der Waals surface area contributed by atoms with E-state index in [0.717, 1.165) is 4.31 Å². The molecule has 1 aromatic rings. The minimum Gasteiger partial charge on any atom is -0.465 e. The fraction of sp³-hybridized carbons (Fsp3) is 0.462. The van der Waals surface area contributed by atoms with Gasteiger partial charge >= 0.3 is 5.97 Å². The largest absolute Gasteiger partial charge is 0.465 e. The van der Waals surface area contributed by atoms with Crippen LogP contribution in [0.4, 0.5) is 0 Å². The monoisotopic (exact) mass is 314 g/mol. The summed E-state index contributed by atoms with van der Waals surface area (Å²) in [5.74, 6) is -0.715. The highest BCUT2D eigenvalue weighted by molar-refractivity contribution is 7.89. The number of β-amino-alcohol motifs (C(OH)–C–C–N with tert-alkyl or cyclic N) is 1. The van der Waals surface area contributed by atoms with Gasteiger partial charge in [0.15, 0.2) is 0 Å². The molecule has 0 saturated carbocycles. The lowest BCUT2D eigenvalue weighted by Gasteiger charge is -2.26. The number of nitrogens with one attached hydrogen (secondary N) is 1. The quantitative estimate of drug-likeness (QED) is 0.722. The first-order valence-corrected chi connectivity index (χ1v) is 7.87. The molecule has 2 N–H and O–H groups in total. The molecule has 0 aromatic heterocycles. The summed E-state index contributed by atoms with van der Waals surface area (Å²) in [6, 6.07) is 5.29. The van der Waals surface area contributed by atoms with E-state index in [9.17, 15) is 18.3 Å². The number of hydrogen-bond acceptors (Lipinski definition) is 6. The summed E-state index contributed by atoms with van der Waals surface area (Å²) in [6.45, 7) is 0.695. The lowest BCUT2D eigenvalue weighted by atomic mass is 10.2. The number of hydrogen-bond donors (Lipinski definition) is 2. The molecule has 21 heavy (non-hydrogen) atoms. The van der Waals surface area contributed by atoms with Crippen LogP contribution in [0.25, 0.3) is 0 Å². The number of sulfonamides is 1. The topological polar surface area (TPSA) is 95.9 Å². The van der Waals surface area contributed by atoms with Crippen LogP contribution in [-0.2, 0) is 14.8 Å². The predicted octanol–water partition coefficient (Wildman–Crippen LogP) is -0.574. The normalized spacial score (nSPS) is 22.5. The van der Waals surface area contributed by atoms with Gasteiger partial charge in [-0.3, -0.25) is 0 Å². The Labute approximate surface area is 123 Å². The molecule has 1 aliphatic heterocycles. The van der Waals surface area contributed by atoms with Gasteiger partial charge in [-0.2, -0.15) is 4.31 Å². The molecular weight excluding hydrogens is 296 g/mol. The van der Waals surface area contributed by atoms with Crippen LogP contribution in [0.3, 0.4) is 0 Å². The summed E-state index contributed by atoms with van der Waals surface area (Å²) in [4.78, 5) is 11.6. The van der Waals surface area contributed by atoms with E-state index in [0.29, 0.717) is 13.1 Å². The molecule has 7 nitrogen and oxygen atoms in total. The number of nitrogens with zero attached hydrogens (tertiary/aromatic N) is 1. The van der Waals surface area contributed by atoms with Crippen molar-refractivity contribution in [1.82, 2.24) is 9.62 Å². The number of carbonyl (C=O) groups excluding carboxylic acids is 1. The Hall–Kier alpha value is -1.48. The molecule has 1 heterocycles. The maximum absolute atomic E-state index is 12.7. The van der Waals surface area contributed by atoms with E-state index in [1.807, 2.05) is 0 Å². The number of carbonyl (C=O) groups is 1. The zero-order valence-corrected chi connectivity index (χ0v) is 12.6. The Kier molecular flexibility index (Phi) is 4.62. The van der Waals surface area contributed by atoms with Crippen LogP contribution in [0.1, 0.15) is 10.4 Å². The molecule has 8 heteroatoms. The summed E-state index contributed by atoms with van der Waals surface area (Å²) in [7, 11) is -1.32. The molecule has 2 rings (SSSR count). The van der Waals surface area contributed by atoms with Crippen molar-refractivity contribution in [1.29, 1.82) is 0 Å². The third-order valence-electron chi connectivity index (χ3n) is 3.57. The second kappa shape index (κ2) is 6.10. The van der Waals surface area contributed by atoms with Gasteiger partial charge in [0.2, 0.25) is 10.0 Å². The second-order valence-corrected chi connectivity index (χ2v) is 6.77. The maximum atomic E-state index is 12.7. The number of esters is 1. The molecule has 2 atom stereocenters. The van der Waals surface area contributed by atoms with Crippen LogP contribution < -0.4 is 5.32 Å². The average Bonchev–Trinajstić information content (AvgIpc) is 2.91. The lowest BCUT2D eigenvalue weighted by Crippen LogP contribution is -2.44. The minimum atomic E-state index is -3.91. The molecule has 0 unspecified atom stereocenters. The standard InChI is InChI=1S/C13H18N2O5S/c1-15(10-7-14-8-11(10)16)21(18,19)12-6-4-3-5-9(12)13(17)20-2/h3-6,10-11,14,16H,7-8H2,1-2H3/t10-,11-/m0/s1. The van der Waals surface area contributed by atoms with E-state index in [1.165, 1.54) is 32.4 Å². The van der Waals surface area contributed by atoms with E-state index < -0.39 is 28.1 Å². The molecule has 116 valence electrons. The molecule has 0 radical (unpaired) electrons. The molecule has 1 aromatic carbocycles. The van der Waals surface area contributed by atoms with E-state index in [-0.39, 0.29) is 10.5 Å². The van der Waals surface area contributed by atoms with Gasteiger partial charge in [-0.05, 0) is 12.1 Å². The molecule has 0 spiro atoms. The molecule has 0 aliphatic carbocycles. The Morgan fingerprint density at radius 1 is 1.38 bits per heavy atom. The average molecular weight is 314 g/mol. The second-order valence-electron chi connectivity index (χ2n) is 4.80. The summed E-state index contributed by atoms with van der Waals surface area (Å²) in [5, 5.41) is 12.8. The van der Waals surface area contributed by atoms with Crippen LogP contribution in [0.2, 0.25) is 0 Å². The smallest absolute Gasteiger partial charge is 0.339 e. The number of aliphatic hydroxyl groups is 1. The van der Waals surface area contributed by atoms with E-state index >= 15 is 0 Å². The van der Waals surface area contributed by atoms with E-state index in [4.69, 9.17) is 0 Å². The predicted molar refractivity (Wildman–Crippen MR) is 75.4 cm³/mol. The van der Waals surface area contributed by atoms with Crippen molar-refractivity contribution >= 4 is 16.0 Å². The first kappa shape index (κ1) is 15.9. The van der Waals surface area contributed by atoms with Crippen LogP contribution in [-0.4, -0.2) is 63.2 Å². The van der Waals surface area contributed by atoms with Crippen molar-refractivity contribution in [2.24, 2.45) is 0 Å². The van der Waals surface area contributed by atoms with Gasteiger partial charge in [-0.15, -0.1) is 0 Å². The number of aliphatic hydroxyl groups excluding tert-OH is 1. The summed E-state index contributed by atoms with van der Waals surface area (Å²) < 4.78 is 31.1. The van der Waals surface area contributed by atoms with Gasteiger partial charge in [0.05, 0.1) is 29.7 Å². The Bertz CT molecular complexity index is 631. The number of methoxy groups -OCH3 is 1. The van der Waals surface area contributed by atoms with Gasteiger partial charge in [-0.25, -0.2) is 13.2 Å². The zero-order chi connectivity index (χ0) is 15.6. The highest BCUT2D eigenvalue weighted by Crippen LogP contribution is 2.23.